The molecule has 1 heterocycles. The molecule has 2 rings (SSSR count). The van der Waals surface area contributed by atoms with Gasteiger partial charge in [-0.1, -0.05) is 17.5 Å². The molecule has 0 unspecified atom stereocenters. The minimum atomic E-state index is -0.411. The molecule has 1 amide bonds. The molecule has 0 aliphatic carbocycles. The SMILES string of the molecule is C#CCn1c(C)c(C)s/c1=N\C(=O)c1cc(Cl)ccc1OC. The summed E-state index contributed by atoms with van der Waals surface area (Å²) in [4.78, 5) is 18.3. The smallest absolute Gasteiger partial charge is 0.283 e. The molecule has 4 nitrogen and oxygen atoms in total. The molecule has 1 aromatic carbocycles. The van der Waals surface area contributed by atoms with E-state index in [-0.39, 0.29) is 0 Å². The largest absolute Gasteiger partial charge is 0.496 e. The lowest BCUT2D eigenvalue weighted by Crippen LogP contribution is -2.18. The van der Waals surface area contributed by atoms with Crippen LogP contribution in [0, 0.1) is 26.2 Å². The lowest BCUT2D eigenvalue weighted by molar-refractivity contribution is 0.0995. The number of benzene rings is 1. The Kier molecular flexibility index (Phi) is 5.07. The van der Waals surface area contributed by atoms with Gasteiger partial charge in [-0.05, 0) is 32.0 Å². The Hall–Kier alpha value is -2.03. The highest BCUT2D eigenvalue weighted by molar-refractivity contribution is 7.09. The lowest BCUT2D eigenvalue weighted by atomic mass is 10.2. The first-order chi connectivity index (χ1) is 10.5. The highest BCUT2D eigenvalue weighted by Gasteiger charge is 2.14. The fraction of sp³-hybridized carbons (Fsp3) is 0.250. The van der Waals surface area contributed by atoms with Crippen LogP contribution >= 0.6 is 22.9 Å². The van der Waals surface area contributed by atoms with E-state index in [0.717, 1.165) is 10.6 Å². The van der Waals surface area contributed by atoms with Crippen LogP contribution in [0.15, 0.2) is 23.2 Å². The molecule has 1 aromatic heterocycles. The molecular formula is C16H15ClN2O2S. The molecule has 22 heavy (non-hydrogen) atoms. The molecule has 0 fully saturated rings. The Balaban J connectivity index is 2.55. The van der Waals surface area contributed by atoms with E-state index in [0.29, 0.717) is 27.7 Å². The van der Waals surface area contributed by atoms with Gasteiger partial charge < -0.3 is 9.30 Å². The van der Waals surface area contributed by atoms with E-state index in [1.807, 2.05) is 18.4 Å². The van der Waals surface area contributed by atoms with Crippen molar-refractivity contribution < 1.29 is 9.53 Å². The van der Waals surface area contributed by atoms with Crippen molar-refractivity contribution in [1.82, 2.24) is 4.57 Å². The highest BCUT2D eigenvalue weighted by atomic mass is 35.5. The lowest BCUT2D eigenvalue weighted by Gasteiger charge is -2.05. The number of methoxy groups -OCH3 is 1. The number of aromatic nitrogens is 1. The molecule has 0 spiro atoms. The summed E-state index contributed by atoms with van der Waals surface area (Å²) in [5.74, 6) is 2.60. The zero-order valence-electron chi connectivity index (χ0n) is 12.5. The second-order valence-corrected chi connectivity index (χ2v) is 6.20. The third-order valence-electron chi connectivity index (χ3n) is 3.23. The number of ether oxygens (including phenoxy) is 1. The van der Waals surface area contributed by atoms with Crippen LogP contribution in [-0.2, 0) is 6.54 Å². The van der Waals surface area contributed by atoms with Gasteiger partial charge in [-0.25, -0.2) is 0 Å². The van der Waals surface area contributed by atoms with Gasteiger partial charge in [-0.15, -0.1) is 17.8 Å². The first-order valence-electron chi connectivity index (χ1n) is 6.50. The number of rotatable bonds is 3. The maximum absolute atomic E-state index is 12.5. The summed E-state index contributed by atoms with van der Waals surface area (Å²) in [6, 6.07) is 4.85. The first kappa shape index (κ1) is 16.3. The number of carbonyl (C=O) groups is 1. The van der Waals surface area contributed by atoms with E-state index in [1.54, 1.807) is 18.2 Å². The molecule has 0 aliphatic heterocycles. The monoisotopic (exact) mass is 334 g/mol. The molecule has 0 N–H and O–H groups in total. The summed E-state index contributed by atoms with van der Waals surface area (Å²) < 4.78 is 7.03. The molecule has 0 saturated heterocycles. The maximum atomic E-state index is 12.5. The average Bonchev–Trinajstić information content (AvgIpc) is 2.75. The second kappa shape index (κ2) is 6.82. The van der Waals surface area contributed by atoms with Crippen LogP contribution in [0.4, 0.5) is 0 Å². The standard InChI is InChI=1S/C16H15ClN2O2S/c1-5-8-19-10(2)11(3)22-16(19)18-15(20)13-9-12(17)6-7-14(13)21-4/h1,6-7,9H,8H2,2-4H3/b18-16-. The van der Waals surface area contributed by atoms with Gasteiger partial charge in [-0.2, -0.15) is 4.99 Å². The van der Waals surface area contributed by atoms with Gasteiger partial charge in [0.15, 0.2) is 4.80 Å². The van der Waals surface area contributed by atoms with Crippen LogP contribution < -0.4 is 9.54 Å². The molecule has 0 radical (unpaired) electrons. The van der Waals surface area contributed by atoms with E-state index in [1.165, 1.54) is 18.4 Å². The fourth-order valence-corrected chi connectivity index (χ4v) is 3.10. The number of nitrogens with zero attached hydrogens (tertiary/aromatic N) is 2. The number of hydrogen-bond donors (Lipinski definition) is 0. The molecule has 2 aromatic rings. The third kappa shape index (κ3) is 3.24. The van der Waals surface area contributed by atoms with E-state index in [2.05, 4.69) is 10.9 Å². The molecule has 0 aliphatic rings. The van der Waals surface area contributed by atoms with Crippen molar-refractivity contribution in [3.05, 3.63) is 44.2 Å². The molecule has 6 heteroatoms. The van der Waals surface area contributed by atoms with E-state index >= 15 is 0 Å². The number of amides is 1. The molecule has 0 atom stereocenters. The molecule has 0 saturated carbocycles. The van der Waals surface area contributed by atoms with E-state index in [9.17, 15) is 4.79 Å². The molecule has 0 bridgehead atoms. The average molecular weight is 335 g/mol. The summed E-state index contributed by atoms with van der Waals surface area (Å²) in [7, 11) is 1.50. The predicted molar refractivity (Wildman–Crippen MR) is 88.5 cm³/mol. The van der Waals surface area contributed by atoms with Gasteiger partial charge in [0.25, 0.3) is 5.91 Å². The van der Waals surface area contributed by atoms with Crippen LogP contribution in [0.3, 0.4) is 0 Å². The van der Waals surface area contributed by atoms with Crippen LogP contribution in [0.25, 0.3) is 0 Å². The summed E-state index contributed by atoms with van der Waals surface area (Å²) >= 11 is 7.38. The van der Waals surface area contributed by atoms with Gasteiger partial charge in [0.1, 0.15) is 5.75 Å². The highest BCUT2D eigenvalue weighted by Crippen LogP contribution is 2.23. The Morgan fingerprint density at radius 3 is 2.86 bits per heavy atom. The molecular weight excluding hydrogens is 320 g/mol. The number of thiazole rings is 1. The Bertz CT molecular complexity index is 828. The topological polar surface area (TPSA) is 43.6 Å². The minimum absolute atomic E-state index is 0.325. The number of hydrogen-bond acceptors (Lipinski definition) is 3. The third-order valence-corrected chi connectivity index (χ3v) is 4.56. The summed E-state index contributed by atoms with van der Waals surface area (Å²) in [5, 5.41) is 0.453. The summed E-state index contributed by atoms with van der Waals surface area (Å²) in [6.45, 7) is 4.29. The van der Waals surface area contributed by atoms with Gasteiger partial charge >= 0.3 is 0 Å². The summed E-state index contributed by atoms with van der Waals surface area (Å²) in [6.07, 6.45) is 5.38. The van der Waals surface area contributed by atoms with Gasteiger partial charge in [0.05, 0.1) is 19.2 Å². The minimum Gasteiger partial charge on any atom is -0.496 e. The summed E-state index contributed by atoms with van der Waals surface area (Å²) in [5.41, 5.74) is 1.33. The van der Waals surface area contributed by atoms with E-state index in [4.69, 9.17) is 22.8 Å². The van der Waals surface area contributed by atoms with Gasteiger partial charge in [0, 0.05) is 15.6 Å². The van der Waals surface area contributed by atoms with Crippen molar-refractivity contribution in [1.29, 1.82) is 0 Å². The normalized spacial score (nSPS) is 11.3. The van der Waals surface area contributed by atoms with E-state index < -0.39 is 5.91 Å². The van der Waals surface area contributed by atoms with Crippen LogP contribution in [0.5, 0.6) is 5.75 Å². The maximum Gasteiger partial charge on any atom is 0.283 e. The van der Waals surface area contributed by atoms with Crippen molar-refractivity contribution in [2.75, 3.05) is 7.11 Å². The number of carbonyl (C=O) groups excluding carboxylic acids is 1. The van der Waals surface area contributed by atoms with Gasteiger partial charge in [-0.3, -0.25) is 4.79 Å². The van der Waals surface area contributed by atoms with Gasteiger partial charge in [0.2, 0.25) is 0 Å². The van der Waals surface area contributed by atoms with Crippen molar-refractivity contribution in [3.8, 4) is 18.1 Å². The Morgan fingerprint density at radius 1 is 1.50 bits per heavy atom. The van der Waals surface area contributed by atoms with Crippen molar-refractivity contribution in [2.45, 2.75) is 20.4 Å². The number of terminal acetylenes is 1. The van der Waals surface area contributed by atoms with Crippen LogP contribution in [0.1, 0.15) is 20.9 Å². The number of halogens is 1. The fourth-order valence-electron chi connectivity index (χ4n) is 1.95. The van der Waals surface area contributed by atoms with Crippen LogP contribution in [-0.4, -0.2) is 17.6 Å². The Morgan fingerprint density at radius 2 is 2.23 bits per heavy atom. The van der Waals surface area contributed by atoms with Crippen molar-refractivity contribution in [2.24, 2.45) is 4.99 Å². The second-order valence-electron chi connectivity index (χ2n) is 4.58. The molecule has 114 valence electrons. The first-order valence-corrected chi connectivity index (χ1v) is 7.70. The quantitative estimate of drug-likeness (QED) is 0.809. The number of aryl methyl sites for hydroxylation is 1. The predicted octanol–water partition coefficient (Wildman–Crippen LogP) is 3.20. The van der Waals surface area contributed by atoms with Crippen LogP contribution in [0.2, 0.25) is 5.02 Å². The zero-order valence-corrected chi connectivity index (χ0v) is 14.1. The zero-order chi connectivity index (χ0) is 16.3. The van der Waals surface area contributed by atoms with Crippen molar-refractivity contribution in [3.63, 3.8) is 0 Å². The van der Waals surface area contributed by atoms with Crippen molar-refractivity contribution >= 4 is 28.8 Å². The Labute approximate surface area is 138 Å².